The van der Waals surface area contributed by atoms with Gasteiger partial charge in [-0.25, -0.2) is 14.4 Å². The van der Waals surface area contributed by atoms with Crippen LogP contribution < -0.4 is 0 Å². The highest BCUT2D eigenvalue weighted by atomic mass is 19.1. The molecule has 128 valence electrons. The molecule has 25 heavy (non-hydrogen) atoms. The van der Waals surface area contributed by atoms with Gasteiger partial charge in [0.1, 0.15) is 17.3 Å². The molecule has 5 nitrogen and oxygen atoms in total. The third kappa shape index (κ3) is 2.77. The lowest BCUT2D eigenvalue weighted by Crippen LogP contribution is -2.29. The molecule has 1 N–H and O–H groups in total. The number of hydrogen-bond acceptors (Lipinski definition) is 3. The largest absolute Gasteiger partial charge is 0.350 e. The van der Waals surface area contributed by atoms with E-state index < -0.39 is 0 Å². The van der Waals surface area contributed by atoms with Gasteiger partial charge in [0.05, 0.1) is 0 Å². The number of aryl methyl sites for hydroxylation is 2. The van der Waals surface area contributed by atoms with Crippen LogP contribution in [0.15, 0.2) is 30.5 Å². The predicted octanol–water partition coefficient (Wildman–Crippen LogP) is 3.34. The number of rotatable bonds is 2. The van der Waals surface area contributed by atoms with E-state index in [-0.39, 0.29) is 17.6 Å². The third-order valence-corrected chi connectivity index (χ3v) is 4.89. The summed E-state index contributed by atoms with van der Waals surface area (Å²) in [6.07, 6.45) is 2.61. The van der Waals surface area contributed by atoms with Crippen molar-refractivity contribution in [1.82, 2.24) is 19.9 Å². The minimum Gasteiger partial charge on any atom is -0.350 e. The first-order chi connectivity index (χ1) is 12.0. The van der Waals surface area contributed by atoms with Crippen LogP contribution in [0.4, 0.5) is 4.39 Å². The van der Waals surface area contributed by atoms with Crippen molar-refractivity contribution in [2.75, 3.05) is 13.1 Å². The summed E-state index contributed by atoms with van der Waals surface area (Å²) in [7, 11) is 0. The van der Waals surface area contributed by atoms with E-state index in [1.165, 1.54) is 12.1 Å². The first kappa shape index (κ1) is 15.7. The first-order valence-corrected chi connectivity index (χ1v) is 8.39. The topological polar surface area (TPSA) is 61.9 Å². The molecule has 0 spiro atoms. The highest BCUT2D eigenvalue weighted by Crippen LogP contribution is 2.28. The number of nitrogens with one attached hydrogen (secondary N) is 1. The second kappa shape index (κ2) is 5.95. The Hall–Kier alpha value is -2.76. The Labute approximate surface area is 144 Å². The minimum absolute atomic E-state index is 0.0516. The number of nitrogens with zero attached hydrogens (tertiary/aromatic N) is 3. The summed E-state index contributed by atoms with van der Waals surface area (Å²) in [4.78, 5) is 26.7. The molecule has 0 saturated carbocycles. The number of hydrogen-bond donors (Lipinski definition) is 1. The van der Waals surface area contributed by atoms with Crippen molar-refractivity contribution >= 4 is 16.8 Å². The number of halogens is 1. The summed E-state index contributed by atoms with van der Waals surface area (Å²) in [6, 6.07) is 6.40. The van der Waals surface area contributed by atoms with E-state index in [2.05, 4.69) is 15.0 Å². The van der Waals surface area contributed by atoms with Crippen LogP contribution >= 0.6 is 0 Å². The van der Waals surface area contributed by atoms with Gasteiger partial charge in [0.25, 0.3) is 5.91 Å². The summed E-state index contributed by atoms with van der Waals surface area (Å²) >= 11 is 0. The highest BCUT2D eigenvalue weighted by Gasteiger charge is 2.31. The Morgan fingerprint density at radius 3 is 2.96 bits per heavy atom. The van der Waals surface area contributed by atoms with Crippen molar-refractivity contribution in [3.63, 3.8) is 0 Å². The molecule has 1 atom stereocenters. The molecule has 0 unspecified atom stereocenters. The molecule has 3 aromatic rings. The van der Waals surface area contributed by atoms with E-state index in [0.717, 1.165) is 34.4 Å². The van der Waals surface area contributed by atoms with Crippen molar-refractivity contribution < 1.29 is 9.18 Å². The smallest absolute Gasteiger partial charge is 0.270 e. The number of likely N-dealkylation sites (tertiary alicyclic amines) is 1. The molecular formula is C19H19FN4O. The highest BCUT2D eigenvalue weighted by molar-refractivity contribution is 6.01. The average Bonchev–Trinajstić information content (AvgIpc) is 3.20. The van der Waals surface area contributed by atoms with E-state index in [9.17, 15) is 9.18 Å². The lowest BCUT2D eigenvalue weighted by molar-refractivity contribution is 0.0785. The number of aromatic amines is 1. The summed E-state index contributed by atoms with van der Waals surface area (Å²) in [5.41, 5.74) is 3.03. The second-order valence-corrected chi connectivity index (χ2v) is 6.61. The maximum atomic E-state index is 13.5. The van der Waals surface area contributed by atoms with Crippen LogP contribution in [0.25, 0.3) is 10.9 Å². The molecule has 1 aliphatic heterocycles. The normalized spacial score (nSPS) is 17.4. The monoisotopic (exact) mass is 338 g/mol. The Balaban J connectivity index is 1.59. The molecule has 0 radical (unpaired) electrons. The van der Waals surface area contributed by atoms with Crippen LogP contribution in [0.5, 0.6) is 0 Å². The molecule has 0 bridgehead atoms. The standard InChI is InChI=1S/C19H19FN4O/c1-11-5-7-21-18(22-11)13-6-8-24(10-13)19(25)17-12(2)15-9-14(20)3-4-16(15)23-17/h3-5,7,9,13,23H,6,8,10H2,1-2H3/t13-/m1/s1. The number of H-pyrrole nitrogens is 1. The number of benzene rings is 1. The van der Waals surface area contributed by atoms with E-state index in [0.29, 0.717) is 18.8 Å². The number of aromatic nitrogens is 3. The molecule has 3 heterocycles. The third-order valence-electron chi connectivity index (χ3n) is 4.89. The van der Waals surface area contributed by atoms with Gasteiger partial charge < -0.3 is 9.88 Å². The van der Waals surface area contributed by atoms with E-state index in [1.807, 2.05) is 24.8 Å². The number of fused-ring (bicyclic) bond motifs is 1. The summed E-state index contributed by atoms with van der Waals surface area (Å²) in [5, 5.41) is 0.751. The fraction of sp³-hybridized carbons (Fsp3) is 0.316. The molecule has 0 aliphatic carbocycles. The van der Waals surface area contributed by atoms with Crippen LogP contribution in [-0.2, 0) is 0 Å². The molecule has 1 amide bonds. The van der Waals surface area contributed by atoms with E-state index in [1.54, 1.807) is 12.3 Å². The van der Waals surface area contributed by atoms with Gasteiger partial charge in [-0.3, -0.25) is 4.79 Å². The average molecular weight is 338 g/mol. The summed E-state index contributed by atoms with van der Waals surface area (Å²) < 4.78 is 13.5. The molecule has 4 rings (SSSR count). The van der Waals surface area contributed by atoms with Crippen LogP contribution in [0, 0.1) is 19.7 Å². The zero-order valence-electron chi connectivity index (χ0n) is 14.2. The number of amides is 1. The molecule has 1 aliphatic rings. The fourth-order valence-corrected chi connectivity index (χ4v) is 3.49. The lowest BCUT2D eigenvalue weighted by atomic mass is 10.1. The Morgan fingerprint density at radius 1 is 1.32 bits per heavy atom. The summed E-state index contributed by atoms with van der Waals surface area (Å²) in [5.74, 6) is 0.604. The van der Waals surface area contributed by atoms with Crippen LogP contribution in [0.1, 0.15) is 39.9 Å². The van der Waals surface area contributed by atoms with Crippen LogP contribution in [0.2, 0.25) is 0 Å². The maximum Gasteiger partial charge on any atom is 0.270 e. The van der Waals surface area contributed by atoms with Crippen LogP contribution in [-0.4, -0.2) is 38.8 Å². The van der Waals surface area contributed by atoms with Gasteiger partial charge in [-0.2, -0.15) is 0 Å². The van der Waals surface area contributed by atoms with Crippen molar-refractivity contribution in [2.45, 2.75) is 26.2 Å². The van der Waals surface area contributed by atoms with Gasteiger partial charge in [0.15, 0.2) is 0 Å². The Kier molecular flexibility index (Phi) is 3.75. The zero-order chi connectivity index (χ0) is 17.6. The molecular weight excluding hydrogens is 319 g/mol. The number of carbonyl (C=O) groups excluding carboxylic acids is 1. The summed E-state index contributed by atoms with van der Waals surface area (Å²) in [6.45, 7) is 5.06. The minimum atomic E-state index is -0.300. The van der Waals surface area contributed by atoms with Gasteiger partial charge >= 0.3 is 0 Å². The fourth-order valence-electron chi connectivity index (χ4n) is 3.49. The van der Waals surface area contributed by atoms with Crippen molar-refractivity contribution in [3.8, 4) is 0 Å². The SMILES string of the molecule is Cc1ccnc([C@@H]2CCN(C(=O)c3[nH]c4ccc(F)cc4c3C)C2)n1. The Bertz CT molecular complexity index is 965. The lowest BCUT2D eigenvalue weighted by Gasteiger charge is -2.16. The van der Waals surface area contributed by atoms with Gasteiger partial charge in [0.2, 0.25) is 0 Å². The molecule has 1 saturated heterocycles. The quantitative estimate of drug-likeness (QED) is 0.779. The van der Waals surface area contributed by atoms with Gasteiger partial charge in [0, 0.05) is 41.8 Å². The predicted molar refractivity (Wildman–Crippen MR) is 93.0 cm³/mol. The zero-order valence-corrected chi connectivity index (χ0v) is 14.2. The van der Waals surface area contributed by atoms with Crippen molar-refractivity contribution in [3.05, 3.63) is 59.1 Å². The molecule has 1 fully saturated rings. The molecule has 6 heteroatoms. The van der Waals surface area contributed by atoms with Gasteiger partial charge in [-0.15, -0.1) is 0 Å². The number of carbonyl (C=O) groups is 1. The maximum absolute atomic E-state index is 13.5. The Morgan fingerprint density at radius 2 is 2.16 bits per heavy atom. The first-order valence-electron chi connectivity index (χ1n) is 8.39. The van der Waals surface area contributed by atoms with Gasteiger partial charge in [-0.1, -0.05) is 0 Å². The molecule has 2 aromatic heterocycles. The molecule has 1 aromatic carbocycles. The van der Waals surface area contributed by atoms with Crippen molar-refractivity contribution in [1.29, 1.82) is 0 Å². The van der Waals surface area contributed by atoms with Gasteiger partial charge in [-0.05, 0) is 50.1 Å². The van der Waals surface area contributed by atoms with E-state index in [4.69, 9.17) is 0 Å². The van der Waals surface area contributed by atoms with Crippen molar-refractivity contribution in [2.24, 2.45) is 0 Å². The van der Waals surface area contributed by atoms with Crippen LogP contribution in [0.3, 0.4) is 0 Å². The van der Waals surface area contributed by atoms with E-state index >= 15 is 0 Å². The second-order valence-electron chi connectivity index (χ2n) is 6.61.